The van der Waals surface area contributed by atoms with Gasteiger partial charge in [-0.3, -0.25) is 9.59 Å². The number of hydrogen-bond donors (Lipinski definition) is 0. The van der Waals surface area contributed by atoms with Crippen molar-refractivity contribution in [3.05, 3.63) is 0 Å². The molecule has 2 aliphatic carbocycles. The lowest BCUT2D eigenvalue weighted by Gasteiger charge is -2.36. The van der Waals surface area contributed by atoms with E-state index in [9.17, 15) is 27.2 Å². The molecule has 4 unspecified atom stereocenters. The van der Waals surface area contributed by atoms with E-state index in [0.717, 1.165) is 0 Å². The fraction of sp³-hybridized carbons (Fsp3) is 0.900. The second-order valence-corrected chi connectivity index (χ2v) is 8.00. The summed E-state index contributed by atoms with van der Waals surface area (Å²) in [6.07, 6.45) is -0.967. The van der Waals surface area contributed by atoms with Gasteiger partial charge in [-0.1, -0.05) is 12.8 Å². The van der Waals surface area contributed by atoms with E-state index in [2.05, 4.69) is 0 Å². The minimum Gasteiger partial charge on any atom is -0.380 e. The summed E-state index contributed by atoms with van der Waals surface area (Å²) in [7, 11) is 2.33. The Kier molecular flexibility index (Phi) is 8.02. The standard InChI is InChI=1S/C20H30F4O4/c1-27-17(13-7-3-5-9-15(13)25)11-19(21,22)20(23,24)12-18(28-2)14-8-4-6-10-16(14)26/h13-14,17-18H,3-12H2,1-2H3. The number of methoxy groups -OCH3 is 2. The van der Waals surface area contributed by atoms with Gasteiger partial charge in [0.05, 0.1) is 12.2 Å². The molecule has 0 aliphatic heterocycles. The van der Waals surface area contributed by atoms with Gasteiger partial charge in [0.15, 0.2) is 0 Å². The van der Waals surface area contributed by atoms with Crippen molar-refractivity contribution in [2.24, 2.45) is 11.8 Å². The molecule has 28 heavy (non-hydrogen) atoms. The van der Waals surface area contributed by atoms with Gasteiger partial charge in [-0.15, -0.1) is 0 Å². The summed E-state index contributed by atoms with van der Waals surface area (Å²) >= 11 is 0. The molecule has 0 N–H and O–H groups in total. The van der Waals surface area contributed by atoms with E-state index < -0.39 is 48.7 Å². The number of alkyl halides is 4. The summed E-state index contributed by atoms with van der Waals surface area (Å²) in [4.78, 5) is 24.1. The fourth-order valence-electron chi connectivity index (χ4n) is 4.39. The lowest BCUT2D eigenvalue weighted by Crippen LogP contribution is -2.49. The lowest BCUT2D eigenvalue weighted by molar-refractivity contribution is -0.240. The first-order valence-corrected chi connectivity index (χ1v) is 9.99. The molecule has 0 heterocycles. The molecule has 4 nitrogen and oxygen atoms in total. The van der Waals surface area contributed by atoms with Gasteiger partial charge in [-0.25, -0.2) is 0 Å². The zero-order valence-corrected chi connectivity index (χ0v) is 16.5. The molecular weight excluding hydrogens is 380 g/mol. The molecule has 8 heteroatoms. The maximum Gasteiger partial charge on any atom is 0.312 e. The van der Waals surface area contributed by atoms with E-state index in [1.807, 2.05) is 0 Å². The second-order valence-electron chi connectivity index (χ2n) is 8.00. The van der Waals surface area contributed by atoms with Gasteiger partial charge in [0, 0.05) is 51.7 Å². The molecule has 162 valence electrons. The van der Waals surface area contributed by atoms with Crippen LogP contribution in [0.3, 0.4) is 0 Å². The van der Waals surface area contributed by atoms with Crippen LogP contribution >= 0.6 is 0 Å². The van der Waals surface area contributed by atoms with E-state index in [-0.39, 0.29) is 24.4 Å². The zero-order chi connectivity index (χ0) is 20.9. The smallest absolute Gasteiger partial charge is 0.312 e. The van der Waals surface area contributed by atoms with Crippen LogP contribution in [0.5, 0.6) is 0 Å². The van der Waals surface area contributed by atoms with Gasteiger partial charge in [-0.05, 0) is 25.7 Å². The summed E-state index contributed by atoms with van der Waals surface area (Å²) in [6.45, 7) is 0. The van der Waals surface area contributed by atoms with Gasteiger partial charge in [0.1, 0.15) is 11.6 Å². The maximum absolute atomic E-state index is 14.6. The molecule has 2 saturated carbocycles. The van der Waals surface area contributed by atoms with Crippen LogP contribution < -0.4 is 0 Å². The third-order valence-corrected chi connectivity index (χ3v) is 6.16. The summed E-state index contributed by atoms with van der Waals surface area (Å²) in [5.74, 6) is -10.7. The number of carbonyl (C=O) groups is 2. The van der Waals surface area contributed by atoms with Crippen molar-refractivity contribution in [2.45, 2.75) is 88.3 Å². The third-order valence-electron chi connectivity index (χ3n) is 6.16. The van der Waals surface area contributed by atoms with Crippen molar-refractivity contribution in [1.82, 2.24) is 0 Å². The predicted molar refractivity (Wildman–Crippen MR) is 94.7 cm³/mol. The fourth-order valence-corrected chi connectivity index (χ4v) is 4.39. The molecule has 2 rings (SSSR count). The number of ether oxygens (including phenoxy) is 2. The van der Waals surface area contributed by atoms with E-state index in [1.165, 1.54) is 14.2 Å². The molecule has 0 spiro atoms. The van der Waals surface area contributed by atoms with Crippen LogP contribution in [0.15, 0.2) is 0 Å². The maximum atomic E-state index is 14.6. The van der Waals surface area contributed by atoms with E-state index in [1.54, 1.807) is 0 Å². The molecule has 0 aromatic rings. The summed E-state index contributed by atoms with van der Waals surface area (Å²) in [6, 6.07) is 0. The van der Waals surface area contributed by atoms with Crippen molar-refractivity contribution < 1.29 is 36.6 Å². The third kappa shape index (κ3) is 5.32. The van der Waals surface area contributed by atoms with Gasteiger partial charge in [0.25, 0.3) is 0 Å². The quantitative estimate of drug-likeness (QED) is 0.522. The molecule has 0 radical (unpaired) electrons. The first kappa shape index (κ1) is 23.3. The number of carbonyl (C=O) groups excluding carboxylic acids is 2. The average molecular weight is 410 g/mol. The van der Waals surface area contributed by atoms with Crippen LogP contribution in [0, 0.1) is 11.8 Å². The predicted octanol–water partition coefficient (Wildman–Crippen LogP) is 4.59. The Labute approximate surface area is 163 Å². The number of ketones is 2. The molecule has 2 aliphatic rings. The van der Waals surface area contributed by atoms with Crippen LogP contribution in [0.1, 0.15) is 64.2 Å². The van der Waals surface area contributed by atoms with Crippen molar-refractivity contribution in [3.8, 4) is 0 Å². The van der Waals surface area contributed by atoms with Crippen molar-refractivity contribution in [3.63, 3.8) is 0 Å². The van der Waals surface area contributed by atoms with Gasteiger partial charge in [-0.2, -0.15) is 17.6 Å². The summed E-state index contributed by atoms with van der Waals surface area (Å²) in [5.41, 5.74) is 0. The Morgan fingerprint density at radius 2 is 1.14 bits per heavy atom. The van der Waals surface area contributed by atoms with Crippen LogP contribution in [0.2, 0.25) is 0 Å². The molecule has 0 aromatic heterocycles. The zero-order valence-electron chi connectivity index (χ0n) is 16.5. The Bertz CT molecular complexity index is 504. The molecular formula is C20H30F4O4. The highest BCUT2D eigenvalue weighted by Crippen LogP contribution is 2.45. The first-order chi connectivity index (χ1) is 13.1. The number of Topliss-reactive ketones (excluding diaryl/α,β-unsaturated/α-hetero) is 2. The first-order valence-electron chi connectivity index (χ1n) is 9.99. The van der Waals surface area contributed by atoms with Crippen molar-refractivity contribution >= 4 is 11.6 Å². The molecule has 2 fully saturated rings. The lowest BCUT2D eigenvalue weighted by atomic mass is 9.79. The molecule has 0 saturated heterocycles. The normalized spacial score (nSPS) is 26.9. The summed E-state index contributed by atoms with van der Waals surface area (Å²) in [5, 5.41) is 0. The largest absolute Gasteiger partial charge is 0.380 e. The van der Waals surface area contributed by atoms with Gasteiger partial charge >= 0.3 is 11.8 Å². The van der Waals surface area contributed by atoms with Crippen LogP contribution in [0.4, 0.5) is 17.6 Å². The molecule has 0 aromatic carbocycles. The Morgan fingerprint density at radius 3 is 1.43 bits per heavy atom. The SMILES string of the molecule is COC(CC(F)(F)C(F)(F)CC(OC)C1CCCCC1=O)C1CCCCC1=O. The number of rotatable bonds is 9. The van der Waals surface area contributed by atoms with E-state index in [4.69, 9.17) is 9.47 Å². The van der Waals surface area contributed by atoms with Gasteiger partial charge < -0.3 is 9.47 Å². The summed E-state index contributed by atoms with van der Waals surface area (Å²) < 4.78 is 68.5. The minimum atomic E-state index is -4.38. The minimum absolute atomic E-state index is 0.209. The number of hydrogen-bond acceptors (Lipinski definition) is 4. The van der Waals surface area contributed by atoms with Crippen LogP contribution in [-0.4, -0.2) is 49.8 Å². The Balaban J connectivity index is 2.09. The topological polar surface area (TPSA) is 52.6 Å². The Hall–Kier alpha value is -1.02. The highest BCUT2D eigenvalue weighted by Gasteiger charge is 2.59. The highest BCUT2D eigenvalue weighted by atomic mass is 19.3. The van der Waals surface area contributed by atoms with E-state index in [0.29, 0.717) is 38.5 Å². The second kappa shape index (κ2) is 9.65. The highest BCUT2D eigenvalue weighted by molar-refractivity contribution is 5.82. The van der Waals surface area contributed by atoms with Crippen LogP contribution in [-0.2, 0) is 19.1 Å². The monoisotopic (exact) mass is 410 g/mol. The Morgan fingerprint density at radius 1 is 0.786 bits per heavy atom. The average Bonchev–Trinajstić information content (AvgIpc) is 2.65. The molecule has 0 amide bonds. The van der Waals surface area contributed by atoms with Gasteiger partial charge in [0.2, 0.25) is 0 Å². The molecule has 4 atom stereocenters. The van der Waals surface area contributed by atoms with Crippen molar-refractivity contribution in [2.75, 3.05) is 14.2 Å². The van der Waals surface area contributed by atoms with Crippen molar-refractivity contribution in [1.29, 1.82) is 0 Å². The van der Waals surface area contributed by atoms with E-state index >= 15 is 0 Å². The molecule has 0 bridgehead atoms. The van der Waals surface area contributed by atoms with Crippen LogP contribution in [0.25, 0.3) is 0 Å². The number of halogens is 4.